The van der Waals surface area contributed by atoms with Crippen LogP contribution in [-0.2, 0) is 6.54 Å². The van der Waals surface area contributed by atoms with E-state index in [0.29, 0.717) is 11.9 Å². The number of hydrogen-bond acceptors (Lipinski definition) is 4. The average Bonchev–Trinajstić information content (AvgIpc) is 3.06. The van der Waals surface area contributed by atoms with Gasteiger partial charge >= 0.3 is 0 Å². The van der Waals surface area contributed by atoms with Gasteiger partial charge < -0.3 is 5.73 Å². The molecular weight excluding hydrogens is 238 g/mol. The molecule has 1 fully saturated rings. The zero-order chi connectivity index (χ0) is 13.1. The lowest BCUT2D eigenvalue weighted by Crippen LogP contribution is -2.27. The second kappa shape index (κ2) is 5.40. The van der Waals surface area contributed by atoms with Crippen LogP contribution < -0.4 is 5.73 Å². The largest absolute Gasteiger partial charge is 0.382 e. The molecule has 19 heavy (non-hydrogen) atoms. The minimum Gasteiger partial charge on any atom is -0.382 e. The summed E-state index contributed by atoms with van der Waals surface area (Å²) in [5.41, 5.74) is 6.95. The minimum atomic E-state index is 0.501. The number of hydrogen-bond donors (Lipinski definition) is 1. The second-order valence-electron chi connectivity index (χ2n) is 4.98. The van der Waals surface area contributed by atoms with Crippen molar-refractivity contribution in [2.24, 2.45) is 0 Å². The molecule has 2 aromatic heterocycles. The molecular formula is C14H19N5. The first kappa shape index (κ1) is 12.2. The lowest BCUT2D eigenvalue weighted by Gasteiger charge is -2.24. The molecule has 3 heterocycles. The third kappa shape index (κ3) is 2.76. The van der Waals surface area contributed by atoms with Crippen LogP contribution in [0.1, 0.15) is 24.4 Å². The van der Waals surface area contributed by atoms with E-state index in [-0.39, 0.29) is 0 Å². The number of aromatic nitrogens is 3. The lowest BCUT2D eigenvalue weighted by molar-refractivity contribution is 0.242. The monoisotopic (exact) mass is 257 g/mol. The number of pyridine rings is 1. The van der Waals surface area contributed by atoms with Crippen LogP contribution >= 0.6 is 0 Å². The Morgan fingerprint density at radius 1 is 1.32 bits per heavy atom. The van der Waals surface area contributed by atoms with Crippen molar-refractivity contribution in [2.75, 3.05) is 18.8 Å². The topological polar surface area (TPSA) is 60.0 Å². The van der Waals surface area contributed by atoms with E-state index in [1.165, 1.54) is 18.4 Å². The molecule has 1 atom stereocenters. The fraction of sp³-hybridized carbons (Fsp3) is 0.429. The highest BCUT2D eigenvalue weighted by Crippen LogP contribution is 2.30. The number of anilines is 1. The van der Waals surface area contributed by atoms with E-state index in [1.54, 1.807) is 0 Å². The molecule has 0 amide bonds. The molecule has 1 unspecified atom stereocenters. The molecule has 1 aliphatic rings. The smallest absolute Gasteiger partial charge is 0.145 e. The highest BCUT2D eigenvalue weighted by Gasteiger charge is 2.25. The van der Waals surface area contributed by atoms with Crippen LogP contribution in [0.2, 0.25) is 0 Å². The number of rotatable bonds is 4. The van der Waals surface area contributed by atoms with Gasteiger partial charge in [0.15, 0.2) is 0 Å². The van der Waals surface area contributed by atoms with Crippen LogP contribution in [0, 0.1) is 0 Å². The summed E-state index contributed by atoms with van der Waals surface area (Å²) < 4.78 is 1.91. The summed E-state index contributed by atoms with van der Waals surface area (Å²) in [4.78, 5) is 6.73. The van der Waals surface area contributed by atoms with Crippen LogP contribution in [0.15, 0.2) is 36.8 Å². The second-order valence-corrected chi connectivity index (χ2v) is 4.98. The summed E-state index contributed by atoms with van der Waals surface area (Å²) in [7, 11) is 0. The molecule has 0 radical (unpaired) electrons. The Kier molecular flexibility index (Phi) is 3.46. The van der Waals surface area contributed by atoms with Gasteiger partial charge in [-0.1, -0.05) is 6.07 Å². The van der Waals surface area contributed by atoms with Gasteiger partial charge in [0.2, 0.25) is 0 Å². The van der Waals surface area contributed by atoms with Crippen LogP contribution in [0.4, 0.5) is 5.82 Å². The highest BCUT2D eigenvalue weighted by atomic mass is 15.3. The normalized spacial score (nSPS) is 19.9. The molecule has 100 valence electrons. The summed E-state index contributed by atoms with van der Waals surface area (Å²) in [5.74, 6) is 0.588. The zero-order valence-electron chi connectivity index (χ0n) is 10.9. The maximum atomic E-state index is 5.63. The molecule has 1 aliphatic heterocycles. The number of nitrogens with two attached hydrogens (primary N) is 1. The van der Waals surface area contributed by atoms with E-state index < -0.39 is 0 Å². The van der Waals surface area contributed by atoms with Crippen molar-refractivity contribution in [3.8, 4) is 0 Å². The Morgan fingerprint density at radius 3 is 3.00 bits per heavy atom. The molecule has 0 bridgehead atoms. The van der Waals surface area contributed by atoms with Crippen molar-refractivity contribution in [1.29, 1.82) is 0 Å². The first-order valence-corrected chi connectivity index (χ1v) is 6.76. The molecule has 0 aromatic carbocycles. The van der Waals surface area contributed by atoms with Gasteiger partial charge in [-0.2, -0.15) is 5.10 Å². The first-order chi connectivity index (χ1) is 9.33. The molecule has 5 heteroatoms. The van der Waals surface area contributed by atoms with E-state index in [9.17, 15) is 0 Å². The summed E-state index contributed by atoms with van der Waals surface area (Å²) >= 11 is 0. The Labute approximate surface area is 113 Å². The Balaban J connectivity index is 1.64. The van der Waals surface area contributed by atoms with E-state index in [1.807, 2.05) is 35.4 Å². The van der Waals surface area contributed by atoms with E-state index >= 15 is 0 Å². The predicted octanol–water partition coefficient (Wildman–Crippen LogP) is 1.70. The molecule has 0 aliphatic carbocycles. The predicted molar refractivity (Wildman–Crippen MR) is 74.4 cm³/mol. The highest BCUT2D eigenvalue weighted by molar-refractivity contribution is 5.23. The van der Waals surface area contributed by atoms with Gasteiger partial charge in [0.05, 0.1) is 6.54 Å². The molecule has 1 saturated heterocycles. The van der Waals surface area contributed by atoms with E-state index in [2.05, 4.69) is 21.0 Å². The zero-order valence-corrected chi connectivity index (χ0v) is 10.9. The van der Waals surface area contributed by atoms with Crippen molar-refractivity contribution in [1.82, 2.24) is 19.7 Å². The summed E-state index contributed by atoms with van der Waals surface area (Å²) in [6, 6.07) is 6.52. The number of nitrogen functional groups attached to an aromatic ring is 1. The van der Waals surface area contributed by atoms with Crippen molar-refractivity contribution >= 4 is 5.82 Å². The molecule has 0 spiro atoms. The summed E-state index contributed by atoms with van der Waals surface area (Å²) in [6.45, 7) is 3.03. The van der Waals surface area contributed by atoms with Crippen LogP contribution in [-0.4, -0.2) is 32.8 Å². The van der Waals surface area contributed by atoms with Crippen molar-refractivity contribution in [2.45, 2.75) is 25.4 Å². The standard InChI is InChI=1S/C14H19N5/c15-14-5-8-19(17-14)10-9-18-7-2-4-13(18)12-3-1-6-16-11-12/h1,3,5-6,8,11,13H,2,4,7,9-10H2,(H2,15,17). The van der Waals surface area contributed by atoms with Gasteiger partial charge in [-0.15, -0.1) is 0 Å². The molecule has 2 N–H and O–H groups in total. The SMILES string of the molecule is Nc1ccn(CCN2CCCC2c2cccnc2)n1. The van der Waals surface area contributed by atoms with E-state index in [4.69, 9.17) is 5.73 Å². The number of nitrogens with zero attached hydrogens (tertiary/aromatic N) is 4. The van der Waals surface area contributed by atoms with Crippen LogP contribution in [0.5, 0.6) is 0 Å². The fourth-order valence-corrected chi connectivity index (χ4v) is 2.78. The van der Waals surface area contributed by atoms with Gasteiger partial charge in [-0.05, 0) is 37.1 Å². The molecule has 2 aromatic rings. The molecule has 5 nitrogen and oxygen atoms in total. The Bertz CT molecular complexity index is 522. The molecule has 3 rings (SSSR count). The van der Waals surface area contributed by atoms with Gasteiger partial charge in [-0.3, -0.25) is 14.6 Å². The van der Waals surface area contributed by atoms with Gasteiger partial charge in [0.25, 0.3) is 0 Å². The van der Waals surface area contributed by atoms with E-state index in [0.717, 1.165) is 19.6 Å². The lowest BCUT2D eigenvalue weighted by atomic mass is 10.1. The average molecular weight is 257 g/mol. The number of likely N-dealkylation sites (tertiary alicyclic amines) is 1. The third-order valence-corrected chi connectivity index (χ3v) is 3.71. The van der Waals surface area contributed by atoms with Gasteiger partial charge in [0.1, 0.15) is 5.82 Å². The first-order valence-electron chi connectivity index (χ1n) is 6.76. The Hall–Kier alpha value is -1.88. The third-order valence-electron chi connectivity index (χ3n) is 3.71. The minimum absolute atomic E-state index is 0.501. The van der Waals surface area contributed by atoms with Gasteiger partial charge in [-0.25, -0.2) is 0 Å². The molecule has 0 saturated carbocycles. The summed E-state index contributed by atoms with van der Waals surface area (Å²) in [6.07, 6.45) is 8.21. The van der Waals surface area contributed by atoms with Crippen LogP contribution in [0.25, 0.3) is 0 Å². The fourth-order valence-electron chi connectivity index (χ4n) is 2.78. The van der Waals surface area contributed by atoms with Crippen molar-refractivity contribution in [3.63, 3.8) is 0 Å². The van der Waals surface area contributed by atoms with Crippen molar-refractivity contribution in [3.05, 3.63) is 42.4 Å². The van der Waals surface area contributed by atoms with Gasteiger partial charge in [0, 0.05) is 31.2 Å². The quantitative estimate of drug-likeness (QED) is 0.905. The maximum Gasteiger partial charge on any atom is 0.145 e. The van der Waals surface area contributed by atoms with Crippen molar-refractivity contribution < 1.29 is 0 Å². The summed E-state index contributed by atoms with van der Waals surface area (Å²) in [5, 5.41) is 4.22. The maximum absolute atomic E-state index is 5.63. The Morgan fingerprint density at radius 2 is 2.26 bits per heavy atom. The van der Waals surface area contributed by atoms with Crippen LogP contribution in [0.3, 0.4) is 0 Å².